The third-order valence-corrected chi connectivity index (χ3v) is 22.2. The molecule has 7 aliphatic rings. The van der Waals surface area contributed by atoms with E-state index in [1.54, 1.807) is 23.2 Å². The zero-order chi connectivity index (χ0) is 56.7. The van der Waals surface area contributed by atoms with Crippen LogP contribution in [0.1, 0.15) is 44.8 Å². The van der Waals surface area contributed by atoms with E-state index in [0.29, 0.717) is 34.3 Å². The summed E-state index contributed by atoms with van der Waals surface area (Å²) >= 11 is 30.5. The SMILES string of the molecule is C=CCOC(=O)C1=C(Sc2nc(C3=CCN(C)[C@@H]3CCl)cs2)[C@H](C)[C@@H]2[C@@H]([C@@H](C)O[Si](C)(C)C)C(=O)N12.CN1CC=C(c2csc(=S)[nH]2)[C@H]1CCl.C[C@@H](O)[C@H]1C(=O)N2C(C(=O)O)=C(Sc3nc(C4=CCN[C@@H]4CCl)cs3)[C@H](C)[C@H]12. The molecule has 7 aliphatic heterocycles. The Kier molecular flexibility index (Phi) is 20.1. The van der Waals surface area contributed by atoms with Crippen molar-refractivity contribution in [3.05, 3.63) is 89.3 Å². The number of likely N-dealkylation sites (N-methyl/N-ethyl adjacent to an activating group) is 2. The molecule has 2 saturated heterocycles. The molecule has 2 fully saturated rings. The highest BCUT2D eigenvalue weighted by Crippen LogP contribution is 2.54. The summed E-state index contributed by atoms with van der Waals surface area (Å²) in [6.07, 6.45) is 6.94. The topological polar surface area (TPSA) is 194 Å². The van der Waals surface area contributed by atoms with Crippen LogP contribution < -0.4 is 5.32 Å². The number of aromatic nitrogens is 3. The van der Waals surface area contributed by atoms with Crippen molar-refractivity contribution in [1.82, 2.24) is 39.9 Å². The first kappa shape index (κ1) is 61.1. The Bertz CT molecular complexity index is 3020. The number of aliphatic hydroxyl groups excluding tert-OH is 1. The quantitative estimate of drug-likeness (QED) is 0.0235. The zero-order valence-electron chi connectivity index (χ0n) is 44.7. The Balaban J connectivity index is 0.000000168. The molecule has 4 N–H and O–H groups in total. The number of esters is 1. The molecule has 78 heavy (non-hydrogen) atoms. The number of H-pyrrole nitrogens is 1. The van der Waals surface area contributed by atoms with Crippen LogP contribution in [0.25, 0.3) is 16.7 Å². The number of carboxylic acids is 1. The van der Waals surface area contributed by atoms with Crippen molar-refractivity contribution in [2.45, 2.75) is 98.4 Å². The van der Waals surface area contributed by atoms with Crippen LogP contribution in [0.15, 0.2) is 76.9 Å². The van der Waals surface area contributed by atoms with Crippen LogP contribution >= 0.6 is 105 Å². The van der Waals surface area contributed by atoms with E-state index >= 15 is 0 Å². The lowest BCUT2D eigenvalue weighted by atomic mass is 9.79. The van der Waals surface area contributed by atoms with Gasteiger partial charge >= 0.3 is 11.9 Å². The number of rotatable bonds is 18. The van der Waals surface area contributed by atoms with Gasteiger partial charge in [-0.15, -0.1) is 68.8 Å². The van der Waals surface area contributed by atoms with Gasteiger partial charge in [-0.2, -0.15) is 0 Å². The molecule has 0 aromatic carbocycles. The first-order valence-electron chi connectivity index (χ1n) is 25.4. The van der Waals surface area contributed by atoms with Gasteiger partial charge in [-0.1, -0.05) is 68.3 Å². The Morgan fingerprint density at radius 2 is 1.38 bits per heavy atom. The monoisotopic (exact) mass is 1250 g/mol. The van der Waals surface area contributed by atoms with Crippen LogP contribution in [-0.4, -0.2) is 177 Å². The molecule has 2 amide bonds. The fourth-order valence-electron chi connectivity index (χ4n) is 11.0. The van der Waals surface area contributed by atoms with Crippen molar-refractivity contribution in [3.63, 3.8) is 0 Å². The van der Waals surface area contributed by atoms with Gasteiger partial charge in [0.05, 0.1) is 65.3 Å². The van der Waals surface area contributed by atoms with Crippen LogP contribution in [0, 0.1) is 27.6 Å². The third kappa shape index (κ3) is 12.4. The summed E-state index contributed by atoms with van der Waals surface area (Å²) in [4.78, 5) is 72.3. The lowest BCUT2D eigenvalue weighted by molar-refractivity contribution is -0.163. The van der Waals surface area contributed by atoms with E-state index in [-0.39, 0.29) is 72.1 Å². The van der Waals surface area contributed by atoms with Gasteiger partial charge in [0.1, 0.15) is 18.0 Å². The Hall–Kier alpha value is -2.98. The van der Waals surface area contributed by atoms with Crippen LogP contribution in [0.3, 0.4) is 0 Å². The van der Waals surface area contributed by atoms with E-state index in [2.05, 4.69) is 95.9 Å². The van der Waals surface area contributed by atoms with Gasteiger partial charge in [0.15, 0.2) is 21.0 Å². The fourth-order valence-corrected chi connectivity index (χ4v) is 18.4. The molecule has 16 nitrogen and oxygen atoms in total. The summed E-state index contributed by atoms with van der Waals surface area (Å²) in [6, 6.07) is 0.0600. The number of β-lactam (4-membered cyclic amide) rings is 2. The van der Waals surface area contributed by atoms with E-state index in [0.717, 1.165) is 65.4 Å². The number of aliphatic carboxylic acids is 1. The highest BCUT2D eigenvalue weighted by atomic mass is 35.5. The van der Waals surface area contributed by atoms with Gasteiger partial charge in [0.25, 0.3) is 0 Å². The lowest BCUT2D eigenvalue weighted by Crippen LogP contribution is -2.64. The van der Waals surface area contributed by atoms with Gasteiger partial charge < -0.3 is 39.5 Å². The minimum absolute atomic E-state index is 0.0153. The molecule has 0 radical (unpaired) electrons. The van der Waals surface area contributed by atoms with Crippen molar-refractivity contribution in [2.75, 3.05) is 58.0 Å². The first-order valence-corrected chi connectivity index (χ1v) is 35.1. The van der Waals surface area contributed by atoms with Gasteiger partial charge in [-0.05, 0) is 76.5 Å². The molecule has 0 aliphatic carbocycles. The summed E-state index contributed by atoms with van der Waals surface area (Å²) < 4.78 is 14.0. The predicted molar refractivity (Wildman–Crippen MR) is 321 cm³/mol. The number of thioether (sulfide) groups is 2. The highest BCUT2D eigenvalue weighted by Gasteiger charge is 2.62. The third-order valence-electron chi connectivity index (χ3n) is 14.7. The number of carbonyl (C=O) groups is 4. The Morgan fingerprint density at radius 1 is 0.846 bits per heavy atom. The molecule has 10 rings (SSSR count). The zero-order valence-corrected chi connectivity index (χ0v) is 52.8. The highest BCUT2D eigenvalue weighted by molar-refractivity contribution is 8.05. The van der Waals surface area contributed by atoms with Crippen molar-refractivity contribution in [2.24, 2.45) is 23.7 Å². The molecular weight excluding hydrogens is 1190 g/mol. The molecule has 0 unspecified atom stereocenters. The van der Waals surface area contributed by atoms with E-state index in [1.807, 2.05) is 24.6 Å². The number of amides is 2. The second-order valence-electron chi connectivity index (χ2n) is 20.9. The molecule has 0 spiro atoms. The first-order chi connectivity index (χ1) is 37.0. The molecule has 3 aromatic heterocycles. The maximum atomic E-state index is 13.3. The summed E-state index contributed by atoms with van der Waals surface area (Å²) in [6.45, 7) is 20.1. The van der Waals surface area contributed by atoms with Gasteiger partial charge in [-0.25, -0.2) is 19.6 Å². The number of nitrogens with zero attached hydrogens (tertiary/aromatic N) is 6. The van der Waals surface area contributed by atoms with Crippen LogP contribution in [0.4, 0.5) is 0 Å². The van der Waals surface area contributed by atoms with Gasteiger partial charge in [-0.3, -0.25) is 19.4 Å². The smallest absolute Gasteiger partial charge is 0.356 e. The number of carbonyl (C=O) groups excluding carboxylic acids is 3. The minimum atomic E-state index is -1.84. The Labute approximate surface area is 497 Å². The number of nitrogens with one attached hydrogen (secondary N) is 2. The maximum absolute atomic E-state index is 13.3. The number of alkyl halides is 3. The van der Waals surface area contributed by atoms with Crippen molar-refractivity contribution < 1.29 is 38.6 Å². The number of hydrogen-bond acceptors (Lipinski definition) is 18. The normalized spacial score (nSPS) is 27.5. The van der Waals surface area contributed by atoms with E-state index in [4.69, 9.17) is 61.2 Å². The molecular formula is C52H65Cl3N8O8S6Si. The van der Waals surface area contributed by atoms with E-state index < -0.39 is 32.3 Å². The van der Waals surface area contributed by atoms with Gasteiger partial charge in [0.2, 0.25) is 11.8 Å². The van der Waals surface area contributed by atoms with Crippen molar-refractivity contribution in [1.29, 1.82) is 0 Å². The predicted octanol–water partition coefficient (Wildman–Crippen LogP) is 9.55. The van der Waals surface area contributed by atoms with Crippen molar-refractivity contribution in [3.8, 4) is 0 Å². The average molecular weight is 1260 g/mol. The molecule has 0 bridgehead atoms. The molecule has 26 heteroatoms. The molecule has 3 aromatic rings. The summed E-state index contributed by atoms with van der Waals surface area (Å²) in [5.74, 6) is -1.53. The largest absolute Gasteiger partial charge is 0.477 e. The molecule has 11 atom stereocenters. The van der Waals surface area contributed by atoms with E-state index in [9.17, 15) is 29.4 Å². The average Bonchev–Trinajstić information content (AvgIpc) is 4.45. The van der Waals surface area contributed by atoms with Crippen LogP contribution in [-0.2, 0) is 28.3 Å². The number of halogens is 3. The van der Waals surface area contributed by atoms with Gasteiger partial charge in [0, 0.05) is 81.1 Å². The molecule has 422 valence electrons. The minimum Gasteiger partial charge on any atom is -0.477 e. The summed E-state index contributed by atoms with van der Waals surface area (Å²) in [7, 11) is 2.29. The van der Waals surface area contributed by atoms with Crippen molar-refractivity contribution >= 4 is 153 Å². The standard InChI is InChI=1S/C25H34ClN3O4S2Si.C18H20ClN3O4S2.C9H11ClN2S2/c1-8-11-32-24(31)21-22(14(2)20-19(23(30)29(20)21)15(3)33-36(5,6)7)35-25-27-17(13-34-25)16-9-10-28(4)18(16)12-26;1-7-13-12(8(2)23)16(24)22(13)14(17(25)26)15(7)28-18-21-11(6-27-18)9-3-4-20-10(9)5-19;1-12-3-2-6(8(12)4-10)7-5-14-9(13)11-7/h8-9,13-15,18-20H,1,10-12H2,2-7H3;3,6-8,10,12-13,20,23H,4-5H2,1-2H3,(H,25,26);2,5,8H,3-4H2,1H3,(H,11,13)/t14-,15-,18-,19-,20-;7-,8-,10-,12-,13-;8-/m111/s1. The van der Waals surface area contributed by atoms with E-state index in [1.165, 1.54) is 62.7 Å². The van der Waals surface area contributed by atoms with Crippen LogP contribution in [0.5, 0.6) is 0 Å². The fraction of sp³-hybridized carbons (Fsp3) is 0.519. The number of aliphatic hydroxyl groups is 1. The second-order valence-corrected chi connectivity index (χ2v) is 32.1. The second kappa shape index (κ2) is 25.7. The number of aromatic amines is 1. The summed E-state index contributed by atoms with van der Waals surface area (Å²) in [5, 5.41) is 29.0. The number of carboxylic acid groups (broad SMARTS) is 1. The maximum Gasteiger partial charge on any atom is 0.356 e. The molecule has 10 heterocycles. The molecule has 0 saturated carbocycles. The number of ether oxygens (including phenoxy) is 1. The number of thiazole rings is 3. The Morgan fingerprint density at radius 3 is 1.91 bits per heavy atom. The van der Waals surface area contributed by atoms with Crippen LogP contribution in [0.2, 0.25) is 19.6 Å². The summed E-state index contributed by atoms with van der Waals surface area (Å²) in [5.41, 5.74) is 6.67. The number of hydrogen-bond donors (Lipinski definition) is 4. The lowest BCUT2D eigenvalue weighted by Gasteiger charge is -2.48. The number of fused-ring (bicyclic) bond motifs is 2.